The largest absolute Gasteiger partial charge is 0.488 e. The Kier molecular flexibility index (Phi) is 4.78. The van der Waals surface area contributed by atoms with Gasteiger partial charge in [-0.2, -0.15) is 13.2 Å². The van der Waals surface area contributed by atoms with Crippen molar-refractivity contribution in [3.63, 3.8) is 0 Å². The minimum Gasteiger partial charge on any atom is -0.488 e. The summed E-state index contributed by atoms with van der Waals surface area (Å²) in [6.45, 7) is 2.02. The predicted octanol–water partition coefficient (Wildman–Crippen LogP) is 4.84. The quantitative estimate of drug-likeness (QED) is 0.477. The molecule has 2 aromatic heterocycles. The van der Waals surface area contributed by atoms with Crippen LogP contribution in [0.4, 0.5) is 24.7 Å². The summed E-state index contributed by atoms with van der Waals surface area (Å²) in [5.41, 5.74) is 2.28. The van der Waals surface area contributed by atoms with Gasteiger partial charge >= 0.3 is 6.18 Å². The molecule has 32 heavy (non-hydrogen) atoms. The van der Waals surface area contributed by atoms with E-state index in [1.54, 1.807) is 12.3 Å². The van der Waals surface area contributed by atoms with Gasteiger partial charge in [0.2, 0.25) is 0 Å². The second kappa shape index (κ2) is 7.52. The van der Waals surface area contributed by atoms with Gasteiger partial charge in [-0.3, -0.25) is 0 Å². The van der Waals surface area contributed by atoms with Crippen LogP contribution in [0.2, 0.25) is 0 Å². The zero-order valence-electron chi connectivity index (χ0n) is 17.0. The van der Waals surface area contributed by atoms with E-state index in [-0.39, 0.29) is 24.8 Å². The highest BCUT2D eigenvalue weighted by Crippen LogP contribution is 2.44. The van der Waals surface area contributed by atoms with E-state index >= 15 is 0 Å². The van der Waals surface area contributed by atoms with E-state index in [0.29, 0.717) is 34.2 Å². The van der Waals surface area contributed by atoms with Crippen LogP contribution in [0.1, 0.15) is 11.1 Å². The Morgan fingerprint density at radius 3 is 2.75 bits per heavy atom. The van der Waals surface area contributed by atoms with Gasteiger partial charge in [0.05, 0.1) is 40.5 Å². The monoisotopic (exact) mass is 440 g/mol. The lowest BCUT2D eigenvalue weighted by atomic mass is 10.1. The number of aromatic amines is 1. The number of rotatable bonds is 3. The molecule has 0 bridgehead atoms. The first-order valence-corrected chi connectivity index (χ1v) is 10.0. The molecule has 0 saturated heterocycles. The third-order valence-electron chi connectivity index (χ3n) is 5.46. The predicted molar refractivity (Wildman–Crippen MR) is 114 cm³/mol. The number of imidazole rings is 1. The number of hydrogen-bond donors (Lipinski definition) is 2. The van der Waals surface area contributed by atoms with Crippen molar-refractivity contribution < 1.29 is 23.0 Å². The number of aromatic nitrogens is 3. The van der Waals surface area contributed by atoms with Crippen molar-refractivity contribution in [3.8, 4) is 17.1 Å². The summed E-state index contributed by atoms with van der Waals surface area (Å²) in [7, 11) is 0. The van der Waals surface area contributed by atoms with Crippen molar-refractivity contribution in [2.75, 3.05) is 18.1 Å². The first-order chi connectivity index (χ1) is 15.3. The summed E-state index contributed by atoms with van der Waals surface area (Å²) in [5.74, 6) is 1.58. The molecule has 1 atom stereocenters. The highest BCUT2D eigenvalue weighted by Gasteiger charge is 2.33. The molecule has 9 heteroatoms. The molecule has 0 aliphatic carbocycles. The molecule has 2 N–H and O–H groups in total. The number of nitrogens with one attached hydrogen (secondary N) is 1. The number of para-hydroxylation sites is 1. The molecule has 0 saturated carbocycles. The van der Waals surface area contributed by atoms with Crippen molar-refractivity contribution in [2.24, 2.45) is 0 Å². The van der Waals surface area contributed by atoms with Gasteiger partial charge in [-0.25, -0.2) is 9.97 Å². The number of hydrogen-bond acceptors (Lipinski definition) is 5. The van der Waals surface area contributed by atoms with Crippen LogP contribution in [0.5, 0.6) is 5.75 Å². The molecule has 4 aromatic rings. The SMILES string of the molecule is Cc1ccc(N2c3cccc(-c4nc5ccc(C(F)(F)F)cc5[nH]4)c3OCC2CO)nc1. The molecular formula is C23H19F3N4O2. The molecule has 6 nitrogen and oxygen atoms in total. The van der Waals surface area contributed by atoms with Crippen LogP contribution in [0.25, 0.3) is 22.4 Å². The lowest BCUT2D eigenvalue weighted by molar-refractivity contribution is -0.137. The third kappa shape index (κ3) is 3.44. The molecule has 1 aliphatic heterocycles. The van der Waals surface area contributed by atoms with Crippen molar-refractivity contribution in [1.29, 1.82) is 0 Å². The van der Waals surface area contributed by atoms with Gasteiger partial charge in [0.1, 0.15) is 18.2 Å². The third-order valence-corrected chi connectivity index (χ3v) is 5.46. The number of nitrogens with zero attached hydrogens (tertiary/aromatic N) is 3. The number of halogens is 3. The Morgan fingerprint density at radius 2 is 2.03 bits per heavy atom. The first-order valence-electron chi connectivity index (χ1n) is 10.0. The molecule has 2 aromatic carbocycles. The Bertz CT molecular complexity index is 1280. The van der Waals surface area contributed by atoms with Gasteiger partial charge in [-0.1, -0.05) is 12.1 Å². The number of H-pyrrole nitrogens is 1. The number of aliphatic hydroxyl groups is 1. The lowest BCUT2D eigenvalue weighted by Gasteiger charge is -2.37. The molecule has 1 unspecified atom stereocenters. The molecule has 0 fully saturated rings. The molecule has 1 aliphatic rings. The minimum atomic E-state index is -4.44. The van der Waals surface area contributed by atoms with Gasteiger partial charge in [0.15, 0.2) is 5.75 Å². The van der Waals surface area contributed by atoms with E-state index in [0.717, 1.165) is 17.7 Å². The molecule has 5 rings (SSSR count). The standard InChI is InChI=1S/C23H19F3N4O2/c1-13-5-8-20(27-10-13)30-15(11-31)12-32-21-16(3-2-4-19(21)30)22-28-17-7-6-14(23(24,25)26)9-18(17)29-22/h2-10,15,31H,11-12H2,1H3,(H,28,29). The number of alkyl halides is 3. The molecule has 3 heterocycles. The van der Waals surface area contributed by atoms with Crippen molar-refractivity contribution >= 4 is 22.5 Å². The Labute approximate surface area is 181 Å². The second-order valence-corrected chi connectivity index (χ2v) is 7.68. The van der Waals surface area contributed by atoms with Gasteiger partial charge in [-0.05, 0) is 48.9 Å². The summed E-state index contributed by atoms with van der Waals surface area (Å²) in [5, 5.41) is 9.92. The highest BCUT2D eigenvalue weighted by atomic mass is 19.4. The summed E-state index contributed by atoms with van der Waals surface area (Å²) in [6.07, 6.45) is -2.68. The second-order valence-electron chi connectivity index (χ2n) is 7.68. The van der Waals surface area contributed by atoms with Crippen molar-refractivity contribution in [2.45, 2.75) is 19.1 Å². The maximum atomic E-state index is 13.1. The van der Waals surface area contributed by atoms with Crippen molar-refractivity contribution in [3.05, 3.63) is 65.9 Å². The number of pyridine rings is 1. The number of benzene rings is 2. The van der Waals surface area contributed by atoms with E-state index in [2.05, 4.69) is 15.0 Å². The van der Waals surface area contributed by atoms with Crippen molar-refractivity contribution in [1.82, 2.24) is 15.0 Å². The molecule has 0 spiro atoms. The summed E-state index contributed by atoms with van der Waals surface area (Å²) in [6, 6.07) is 12.3. The summed E-state index contributed by atoms with van der Waals surface area (Å²) >= 11 is 0. The number of aliphatic hydroxyl groups excluding tert-OH is 1. The minimum absolute atomic E-state index is 0.135. The molecule has 0 amide bonds. The number of fused-ring (bicyclic) bond motifs is 2. The Balaban J connectivity index is 1.62. The van der Waals surface area contributed by atoms with Gasteiger partial charge < -0.3 is 19.7 Å². The normalized spacial score (nSPS) is 16.2. The lowest BCUT2D eigenvalue weighted by Crippen LogP contribution is -2.43. The highest BCUT2D eigenvalue weighted by molar-refractivity contribution is 5.85. The summed E-state index contributed by atoms with van der Waals surface area (Å²) in [4.78, 5) is 13.9. The molecule has 164 valence electrons. The van der Waals surface area contributed by atoms with E-state index in [9.17, 15) is 18.3 Å². The molecule has 0 radical (unpaired) electrons. The zero-order valence-corrected chi connectivity index (χ0v) is 17.0. The Morgan fingerprint density at radius 1 is 1.19 bits per heavy atom. The van der Waals surface area contributed by atoms with Gasteiger partial charge in [-0.15, -0.1) is 0 Å². The smallest absolute Gasteiger partial charge is 0.416 e. The number of aryl methyl sites for hydroxylation is 1. The van der Waals surface area contributed by atoms with Crippen LogP contribution >= 0.6 is 0 Å². The van der Waals surface area contributed by atoms with Crippen LogP contribution in [0.3, 0.4) is 0 Å². The zero-order chi connectivity index (χ0) is 22.5. The van der Waals surface area contributed by atoms with Gasteiger partial charge in [0, 0.05) is 6.20 Å². The average molecular weight is 440 g/mol. The topological polar surface area (TPSA) is 74.3 Å². The van der Waals surface area contributed by atoms with Gasteiger partial charge in [0.25, 0.3) is 0 Å². The van der Waals surface area contributed by atoms with Crippen LogP contribution < -0.4 is 9.64 Å². The van der Waals surface area contributed by atoms with Crippen LogP contribution in [-0.4, -0.2) is 39.3 Å². The number of anilines is 2. The average Bonchev–Trinajstić information content (AvgIpc) is 3.21. The Hall–Kier alpha value is -3.59. The number of ether oxygens (including phenoxy) is 1. The van der Waals surface area contributed by atoms with E-state index in [4.69, 9.17) is 4.74 Å². The van der Waals surface area contributed by atoms with E-state index < -0.39 is 11.7 Å². The molecular weight excluding hydrogens is 421 g/mol. The first kappa shape index (κ1) is 20.3. The van der Waals surface area contributed by atoms with E-state index in [1.165, 1.54) is 6.07 Å². The maximum absolute atomic E-state index is 13.1. The fraction of sp³-hybridized carbons (Fsp3) is 0.217. The van der Waals surface area contributed by atoms with Crippen LogP contribution in [0, 0.1) is 6.92 Å². The summed E-state index contributed by atoms with van der Waals surface area (Å²) < 4.78 is 45.2. The fourth-order valence-electron chi connectivity index (χ4n) is 3.86. The van der Waals surface area contributed by atoms with Crippen LogP contribution in [0.15, 0.2) is 54.7 Å². The van der Waals surface area contributed by atoms with E-state index in [1.807, 2.05) is 36.1 Å². The maximum Gasteiger partial charge on any atom is 0.416 e. The fourth-order valence-corrected chi connectivity index (χ4v) is 3.86. The van der Waals surface area contributed by atoms with Crippen LogP contribution in [-0.2, 0) is 6.18 Å².